The lowest BCUT2D eigenvalue weighted by Crippen LogP contribution is -2.24. The van der Waals surface area contributed by atoms with E-state index in [4.69, 9.17) is 0 Å². The van der Waals surface area contributed by atoms with Crippen LogP contribution in [0, 0.1) is 5.41 Å². The van der Waals surface area contributed by atoms with E-state index in [1.807, 2.05) is 18.2 Å². The number of rotatable bonds is 0. The Balaban J connectivity index is 1.88. The van der Waals surface area contributed by atoms with Gasteiger partial charge in [0.1, 0.15) is 11.5 Å². The quantitative estimate of drug-likeness (QED) is 0.755. The Labute approximate surface area is 130 Å². The standard InChI is InChI=1S/C20H20O2/c1-3-19-17-7-6-16(22)9-18(17)12(2)20(19)10-13-4-5-15(21)8-14(13)11-20/h3-9,12,21-22H,10-11H2,1-2H3/b19-3+. The van der Waals surface area contributed by atoms with Crippen molar-refractivity contribution in [2.45, 2.75) is 32.6 Å². The summed E-state index contributed by atoms with van der Waals surface area (Å²) in [6, 6.07) is 11.5. The van der Waals surface area contributed by atoms with Gasteiger partial charge in [0.05, 0.1) is 0 Å². The van der Waals surface area contributed by atoms with Gasteiger partial charge in [-0.05, 0) is 77.8 Å². The molecule has 0 radical (unpaired) electrons. The van der Waals surface area contributed by atoms with E-state index in [2.05, 4.69) is 26.0 Å². The van der Waals surface area contributed by atoms with Crippen molar-refractivity contribution in [2.24, 2.45) is 5.41 Å². The molecular weight excluding hydrogens is 272 g/mol. The van der Waals surface area contributed by atoms with Crippen molar-refractivity contribution >= 4 is 5.57 Å². The van der Waals surface area contributed by atoms with Crippen molar-refractivity contribution in [1.82, 2.24) is 0 Å². The zero-order chi connectivity index (χ0) is 15.5. The largest absolute Gasteiger partial charge is 0.508 e. The van der Waals surface area contributed by atoms with E-state index >= 15 is 0 Å². The van der Waals surface area contributed by atoms with Crippen LogP contribution in [0.2, 0.25) is 0 Å². The Morgan fingerprint density at radius 3 is 2.45 bits per heavy atom. The number of benzene rings is 2. The van der Waals surface area contributed by atoms with Gasteiger partial charge in [0, 0.05) is 5.41 Å². The third-order valence-corrected chi connectivity index (χ3v) is 5.65. The van der Waals surface area contributed by atoms with Crippen LogP contribution in [0.3, 0.4) is 0 Å². The molecule has 2 aliphatic carbocycles. The summed E-state index contributed by atoms with van der Waals surface area (Å²) in [5, 5.41) is 19.6. The van der Waals surface area contributed by atoms with Crippen LogP contribution in [0.5, 0.6) is 11.5 Å². The van der Waals surface area contributed by atoms with Gasteiger partial charge in [-0.2, -0.15) is 0 Å². The van der Waals surface area contributed by atoms with E-state index < -0.39 is 0 Å². The van der Waals surface area contributed by atoms with Crippen LogP contribution in [0.4, 0.5) is 0 Å². The van der Waals surface area contributed by atoms with Crippen LogP contribution in [0.1, 0.15) is 42.0 Å². The first-order valence-corrected chi connectivity index (χ1v) is 7.86. The van der Waals surface area contributed by atoms with Crippen LogP contribution in [-0.2, 0) is 12.8 Å². The predicted octanol–water partition coefficient (Wildman–Crippen LogP) is 4.40. The second-order valence-corrected chi connectivity index (χ2v) is 6.66. The van der Waals surface area contributed by atoms with Crippen molar-refractivity contribution in [3.63, 3.8) is 0 Å². The summed E-state index contributed by atoms with van der Waals surface area (Å²) in [7, 11) is 0. The molecule has 0 aromatic heterocycles. The molecule has 22 heavy (non-hydrogen) atoms. The molecule has 2 heteroatoms. The van der Waals surface area contributed by atoms with Gasteiger partial charge >= 0.3 is 0 Å². The molecule has 112 valence electrons. The lowest BCUT2D eigenvalue weighted by Gasteiger charge is -2.31. The van der Waals surface area contributed by atoms with Crippen molar-refractivity contribution in [3.8, 4) is 11.5 Å². The third kappa shape index (κ3) is 1.61. The van der Waals surface area contributed by atoms with Crippen molar-refractivity contribution < 1.29 is 10.2 Å². The van der Waals surface area contributed by atoms with Crippen LogP contribution in [-0.4, -0.2) is 10.2 Å². The molecule has 2 nitrogen and oxygen atoms in total. The van der Waals surface area contributed by atoms with Gasteiger partial charge < -0.3 is 10.2 Å². The summed E-state index contributed by atoms with van der Waals surface area (Å²) in [4.78, 5) is 0. The zero-order valence-electron chi connectivity index (χ0n) is 12.9. The molecule has 1 spiro atoms. The molecule has 2 aromatic rings. The van der Waals surface area contributed by atoms with Crippen LogP contribution in [0.25, 0.3) is 5.57 Å². The summed E-state index contributed by atoms with van der Waals surface area (Å²) >= 11 is 0. The number of hydrogen-bond donors (Lipinski definition) is 2. The minimum absolute atomic E-state index is 0.0566. The fourth-order valence-electron chi connectivity index (χ4n) is 4.58. The number of phenolic OH excluding ortho intramolecular Hbond substituents is 2. The average molecular weight is 292 g/mol. The minimum Gasteiger partial charge on any atom is -0.508 e. The first-order valence-electron chi connectivity index (χ1n) is 7.86. The summed E-state index contributed by atoms with van der Waals surface area (Å²) in [6.45, 7) is 4.37. The van der Waals surface area contributed by atoms with E-state index in [1.54, 1.807) is 12.1 Å². The predicted molar refractivity (Wildman–Crippen MR) is 88.1 cm³/mol. The number of phenols is 2. The van der Waals surface area contributed by atoms with Crippen LogP contribution >= 0.6 is 0 Å². The first kappa shape index (κ1) is 13.4. The lowest BCUT2D eigenvalue weighted by molar-refractivity contribution is 0.369. The molecule has 0 fully saturated rings. The van der Waals surface area contributed by atoms with Gasteiger partial charge in [-0.15, -0.1) is 0 Å². The molecule has 0 amide bonds. The molecule has 0 saturated heterocycles. The van der Waals surface area contributed by atoms with Crippen LogP contribution < -0.4 is 0 Å². The Hall–Kier alpha value is -2.22. The molecule has 2 unspecified atom stereocenters. The Kier molecular flexibility index (Phi) is 2.68. The Morgan fingerprint density at radius 2 is 1.68 bits per heavy atom. The van der Waals surface area contributed by atoms with Crippen molar-refractivity contribution in [3.05, 3.63) is 64.7 Å². The lowest BCUT2D eigenvalue weighted by atomic mass is 9.72. The number of aromatic hydroxyl groups is 2. The van der Waals surface area contributed by atoms with E-state index in [9.17, 15) is 10.2 Å². The molecule has 0 saturated carbocycles. The highest BCUT2D eigenvalue weighted by atomic mass is 16.3. The molecule has 0 heterocycles. The minimum atomic E-state index is 0.0566. The first-order chi connectivity index (χ1) is 10.5. The fourth-order valence-corrected chi connectivity index (χ4v) is 4.58. The highest BCUT2D eigenvalue weighted by molar-refractivity contribution is 5.81. The summed E-state index contributed by atoms with van der Waals surface area (Å²) in [6.07, 6.45) is 4.18. The molecule has 2 aromatic carbocycles. The molecule has 2 atom stereocenters. The zero-order valence-corrected chi connectivity index (χ0v) is 12.9. The highest BCUT2D eigenvalue weighted by Gasteiger charge is 2.50. The topological polar surface area (TPSA) is 40.5 Å². The van der Waals surface area contributed by atoms with E-state index in [0.717, 1.165) is 12.8 Å². The van der Waals surface area contributed by atoms with E-state index in [0.29, 0.717) is 17.4 Å². The number of fused-ring (bicyclic) bond motifs is 2. The second kappa shape index (κ2) is 4.39. The van der Waals surface area contributed by atoms with E-state index in [1.165, 1.54) is 27.8 Å². The molecule has 0 aliphatic heterocycles. The maximum absolute atomic E-state index is 9.86. The summed E-state index contributed by atoms with van der Waals surface area (Å²) < 4.78 is 0. The van der Waals surface area contributed by atoms with Gasteiger partial charge in [0.25, 0.3) is 0 Å². The highest BCUT2D eigenvalue weighted by Crippen LogP contribution is 2.61. The smallest absolute Gasteiger partial charge is 0.115 e. The van der Waals surface area contributed by atoms with E-state index in [-0.39, 0.29) is 5.41 Å². The van der Waals surface area contributed by atoms with Gasteiger partial charge in [-0.3, -0.25) is 0 Å². The Bertz CT molecular complexity index is 803. The SMILES string of the molecule is C/C=C1\c2ccc(O)cc2C(C)C12Cc1ccc(O)cc1C2. The number of hydrogen-bond acceptors (Lipinski definition) is 2. The normalized spacial score (nSPS) is 27.4. The molecule has 0 bridgehead atoms. The van der Waals surface area contributed by atoms with Gasteiger partial charge in [0.15, 0.2) is 0 Å². The van der Waals surface area contributed by atoms with Crippen molar-refractivity contribution in [1.29, 1.82) is 0 Å². The molecular formula is C20H20O2. The molecule has 2 aliphatic rings. The van der Waals surface area contributed by atoms with Gasteiger partial charge in [0.2, 0.25) is 0 Å². The Morgan fingerprint density at radius 1 is 1.00 bits per heavy atom. The number of allylic oxidation sites excluding steroid dienone is 2. The average Bonchev–Trinajstić information content (AvgIpc) is 2.96. The van der Waals surface area contributed by atoms with Crippen molar-refractivity contribution in [2.75, 3.05) is 0 Å². The second-order valence-electron chi connectivity index (χ2n) is 6.66. The maximum Gasteiger partial charge on any atom is 0.115 e. The maximum atomic E-state index is 9.86. The summed E-state index contributed by atoms with van der Waals surface area (Å²) in [5.74, 6) is 1.04. The monoisotopic (exact) mass is 292 g/mol. The van der Waals surface area contributed by atoms with Gasteiger partial charge in [-0.25, -0.2) is 0 Å². The fraction of sp³-hybridized carbons (Fsp3) is 0.300. The molecule has 4 rings (SSSR count). The van der Waals surface area contributed by atoms with Crippen LogP contribution in [0.15, 0.2) is 42.5 Å². The molecule has 2 N–H and O–H groups in total. The third-order valence-electron chi connectivity index (χ3n) is 5.65. The van der Waals surface area contributed by atoms with Gasteiger partial charge in [-0.1, -0.05) is 25.1 Å². The summed E-state index contributed by atoms with van der Waals surface area (Å²) in [5.41, 5.74) is 6.53.